The predicted octanol–water partition coefficient (Wildman–Crippen LogP) is 3.70. The molecule has 0 aliphatic carbocycles. The van der Waals surface area contributed by atoms with E-state index in [1.54, 1.807) is 61.1 Å². The largest absolute Gasteiger partial charge is 0.497 e. The lowest BCUT2D eigenvalue weighted by Gasteiger charge is -2.09. The second-order valence-corrected chi connectivity index (χ2v) is 7.64. The zero-order valence-corrected chi connectivity index (χ0v) is 17.8. The summed E-state index contributed by atoms with van der Waals surface area (Å²) in [4.78, 5) is 37.5. The molecule has 1 unspecified atom stereocenters. The first kappa shape index (κ1) is 20.9. The molecule has 4 rings (SSSR count). The van der Waals surface area contributed by atoms with Crippen molar-refractivity contribution in [3.8, 4) is 5.75 Å². The van der Waals surface area contributed by atoms with E-state index in [9.17, 15) is 14.4 Å². The summed E-state index contributed by atoms with van der Waals surface area (Å²) in [6.07, 6.45) is -0.639. The van der Waals surface area contributed by atoms with Crippen LogP contribution in [0.15, 0.2) is 42.5 Å². The van der Waals surface area contributed by atoms with Gasteiger partial charge in [-0.25, -0.2) is 4.79 Å². The molecule has 1 aromatic heterocycles. The van der Waals surface area contributed by atoms with Gasteiger partial charge in [0.2, 0.25) is 6.10 Å². The Hall–Kier alpha value is -3.32. The van der Waals surface area contributed by atoms with Gasteiger partial charge in [-0.2, -0.15) is 0 Å². The van der Waals surface area contributed by atoms with Crippen molar-refractivity contribution in [1.82, 2.24) is 4.57 Å². The van der Waals surface area contributed by atoms with Crippen LogP contribution in [-0.4, -0.2) is 42.2 Å². The van der Waals surface area contributed by atoms with E-state index in [0.717, 1.165) is 0 Å². The smallest absolute Gasteiger partial charge is 0.347 e. The number of cyclic esters (lactones) is 1. The Morgan fingerprint density at radius 3 is 2.58 bits per heavy atom. The number of hydrogen-bond acceptors (Lipinski definition) is 6. The molecular weight excluding hydrogens is 422 g/mol. The summed E-state index contributed by atoms with van der Waals surface area (Å²) in [5, 5.41) is 1.23. The van der Waals surface area contributed by atoms with Gasteiger partial charge in [0.05, 0.1) is 25.7 Å². The lowest BCUT2D eigenvalue weighted by molar-refractivity contribution is -0.159. The number of fused-ring (bicyclic) bond motifs is 1. The van der Waals surface area contributed by atoms with Crippen molar-refractivity contribution in [2.45, 2.75) is 25.9 Å². The van der Waals surface area contributed by atoms with Crippen molar-refractivity contribution >= 4 is 40.3 Å². The maximum atomic E-state index is 13.3. The van der Waals surface area contributed by atoms with Crippen molar-refractivity contribution in [3.63, 3.8) is 0 Å². The van der Waals surface area contributed by atoms with E-state index in [1.807, 2.05) is 0 Å². The Morgan fingerprint density at radius 1 is 1.19 bits per heavy atom. The van der Waals surface area contributed by atoms with Crippen LogP contribution in [0.4, 0.5) is 0 Å². The van der Waals surface area contributed by atoms with Crippen LogP contribution in [0.5, 0.6) is 5.75 Å². The molecule has 0 radical (unpaired) electrons. The normalized spacial score (nSPS) is 15.7. The van der Waals surface area contributed by atoms with Gasteiger partial charge in [0.15, 0.2) is 0 Å². The van der Waals surface area contributed by atoms with Crippen molar-refractivity contribution < 1.29 is 28.6 Å². The zero-order chi connectivity index (χ0) is 22.1. The molecule has 0 saturated carbocycles. The van der Waals surface area contributed by atoms with Gasteiger partial charge in [0.1, 0.15) is 5.75 Å². The number of rotatable bonds is 5. The van der Waals surface area contributed by atoms with Crippen molar-refractivity contribution in [2.75, 3.05) is 13.7 Å². The first-order valence-electron chi connectivity index (χ1n) is 9.73. The van der Waals surface area contributed by atoms with E-state index in [-0.39, 0.29) is 18.9 Å². The van der Waals surface area contributed by atoms with Gasteiger partial charge < -0.3 is 14.2 Å². The second-order valence-electron chi connectivity index (χ2n) is 7.21. The molecule has 2 heterocycles. The Bertz CT molecular complexity index is 1180. The molecule has 160 valence electrons. The summed E-state index contributed by atoms with van der Waals surface area (Å²) in [6.45, 7) is 2.01. The lowest BCUT2D eigenvalue weighted by Crippen LogP contribution is -2.23. The van der Waals surface area contributed by atoms with E-state index in [0.29, 0.717) is 44.9 Å². The Morgan fingerprint density at radius 2 is 1.94 bits per heavy atom. The molecule has 0 spiro atoms. The Balaban J connectivity index is 1.74. The highest BCUT2D eigenvalue weighted by Crippen LogP contribution is 2.31. The van der Waals surface area contributed by atoms with Gasteiger partial charge in [0, 0.05) is 28.1 Å². The van der Waals surface area contributed by atoms with Crippen LogP contribution >= 0.6 is 11.6 Å². The third-order valence-electron chi connectivity index (χ3n) is 5.32. The van der Waals surface area contributed by atoms with Gasteiger partial charge >= 0.3 is 11.9 Å². The number of benzene rings is 2. The van der Waals surface area contributed by atoms with Gasteiger partial charge in [-0.1, -0.05) is 11.6 Å². The highest BCUT2D eigenvalue weighted by molar-refractivity contribution is 6.30. The summed E-state index contributed by atoms with van der Waals surface area (Å²) >= 11 is 5.95. The highest BCUT2D eigenvalue weighted by Gasteiger charge is 2.31. The minimum Gasteiger partial charge on any atom is -0.497 e. The lowest BCUT2D eigenvalue weighted by atomic mass is 10.1. The summed E-state index contributed by atoms with van der Waals surface area (Å²) in [5.41, 5.74) is 2.34. The number of nitrogens with zero attached hydrogens (tertiary/aromatic N) is 1. The number of halogens is 1. The standard InChI is InChI=1S/C23H20ClNO6/c1-13-17(12-21(26)31-20-9-10-30-23(20)28)18-11-16(29-2)7-8-19(18)25(13)22(27)14-3-5-15(24)6-4-14/h3-8,11,20H,9-10,12H2,1-2H3. The van der Waals surface area contributed by atoms with Crippen LogP contribution in [0.3, 0.4) is 0 Å². The first-order chi connectivity index (χ1) is 14.9. The molecule has 0 bridgehead atoms. The maximum absolute atomic E-state index is 13.3. The van der Waals surface area contributed by atoms with Crippen molar-refractivity contribution in [3.05, 3.63) is 64.3 Å². The highest BCUT2D eigenvalue weighted by atomic mass is 35.5. The molecule has 1 saturated heterocycles. The fourth-order valence-electron chi connectivity index (χ4n) is 3.72. The SMILES string of the molecule is COc1ccc2c(c1)c(CC(=O)OC1CCOC1=O)c(C)n2C(=O)c1ccc(Cl)cc1. The fourth-order valence-corrected chi connectivity index (χ4v) is 3.85. The fraction of sp³-hybridized carbons (Fsp3) is 0.261. The van der Waals surface area contributed by atoms with E-state index in [1.165, 1.54) is 0 Å². The number of esters is 2. The van der Waals surface area contributed by atoms with Crippen LogP contribution in [0.2, 0.25) is 5.02 Å². The average molecular weight is 442 g/mol. The molecular formula is C23H20ClNO6. The summed E-state index contributed by atoms with van der Waals surface area (Å²) < 4.78 is 17.0. The molecule has 1 aliphatic heterocycles. The van der Waals surface area contributed by atoms with Crippen LogP contribution in [-0.2, 0) is 25.5 Å². The van der Waals surface area contributed by atoms with Crippen LogP contribution in [0.25, 0.3) is 10.9 Å². The number of aromatic nitrogens is 1. The van der Waals surface area contributed by atoms with Gasteiger partial charge in [-0.05, 0) is 55.0 Å². The minimum absolute atomic E-state index is 0.0970. The molecule has 8 heteroatoms. The van der Waals surface area contributed by atoms with E-state index >= 15 is 0 Å². The van der Waals surface area contributed by atoms with Gasteiger partial charge in [-0.3, -0.25) is 14.2 Å². The summed E-state index contributed by atoms with van der Waals surface area (Å²) in [5.74, 6) is -0.749. The topological polar surface area (TPSA) is 83.8 Å². The van der Waals surface area contributed by atoms with Crippen LogP contribution in [0.1, 0.15) is 28.0 Å². The number of ether oxygens (including phenoxy) is 3. The number of hydrogen-bond donors (Lipinski definition) is 0. The van der Waals surface area contributed by atoms with E-state index < -0.39 is 18.0 Å². The molecule has 2 aromatic carbocycles. The average Bonchev–Trinajstić information content (AvgIpc) is 3.28. The first-order valence-corrected chi connectivity index (χ1v) is 10.1. The molecule has 0 N–H and O–H groups in total. The van der Waals surface area contributed by atoms with Gasteiger partial charge in [0.25, 0.3) is 5.91 Å². The molecule has 7 nitrogen and oxygen atoms in total. The third kappa shape index (κ3) is 4.01. The molecule has 3 aromatic rings. The monoisotopic (exact) mass is 441 g/mol. The predicted molar refractivity (Wildman–Crippen MR) is 114 cm³/mol. The van der Waals surface area contributed by atoms with Crippen molar-refractivity contribution in [1.29, 1.82) is 0 Å². The van der Waals surface area contributed by atoms with Crippen LogP contribution < -0.4 is 4.74 Å². The minimum atomic E-state index is -0.883. The van der Waals surface area contributed by atoms with E-state index in [4.69, 9.17) is 25.8 Å². The summed E-state index contributed by atoms with van der Waals surface area (Å²) in [6, 6.07) is 11.9. The van der Waals surface area contributed by atoms with E-state index in [2.05, 4.69) is 0 Å². The van der Waals surface area contributed by atoms with Crippen molar-refractivity contribution in [2.24, 2.45) is 0 Å². The second kappa shape index (κ2) is 8.43. The number of carbonyl (C=O) groups excluding carboxylic acids is 3. The van der Waals surface area contributed by atoms with Gasteiger partial charge in [-0.15, -0.1) is 0 Å². The molecule has 1 aliphatic rings. The molecule has 1 fully saturated rings. The number of methoxy groups -OCH3 is 1. The van der Waals surface area contributed by atoms with Crippen LogP contribution in [0, 0.1) is 6.92 Å². The maximum Gasteiger partial charge on any atom is 0.347 e. The molecule has 0 amide bonds. The Kier molecular flexibility index (Phi) is 5.69. The summed E-state index contributed by atoms with van der Waals surface area (Å²) in [7, 11) is 1.55. The quantitative estimate of drug-likeness (QED) is 0.561. The molecule has 31 heavy (non-hydrogen) atoms. The third-order valence-corrected chi connectivity index (χ3v) is 5.57. The Labute approximate surface area is 183 Å². The molecule has 1 atom stereocenters. The zero-order valence-electron chi connectivity index (χ0n) is 17.0. The number of carbonyl (C=O) groups is 3.